The molecule has 0 amide bonds. The van der Waals surface area contributed by atoms with Crippen molar-refractivity contribution in [3.63, 3.8) is 0 Å². The summed E-state index contributed by atoms with van der Waals surface area (Å²) in [5, 5.41) is 0.697. The van der Waals surface area contributed by atoms with Crippen molar-refractivity contribution in [2.45, 2.75) is 5.09 Å². The normalized spacial score (nSPS) is 10.1. The Hall–Kier alpha value is -0.940. The van der Waals surface area contributed by atoms with Gasteiger partial charge < -0.3 is 13.9 Å². The van der Waals surface area contributed by atoms with Crippen LogP contribution in [0.4, 0.5) is 0 Å². The van der Waals surface area contributed by atoms with Crippen molar-refractivity contribution in [2.75, 3.05) is 26.6 Å². The van der Waals surface area contributed by atoms with E-state index in [2.05, 4.69) is 4.74 Å². The molecule has 1 heterocycles. The SMILES string of the molecule is COCCSc1ccc(C(=O)OC)o1. The topological polar surface area (TPSA) is 48.7 Å². The first-order valence-corrected chi connectivity index (χ1v) is 5.06. The molecule has 0 aromatic carbocycles. The van der Waals surface area contributed by atoms with Crippen molar-refractivity contribution >= 4 is 17.7 Å². The fraction of sp³-hybridized carbons (Fsp3) is 0.444. The van der Waals surface area contributed by atoms with E-state index in [1.165, 1.54) is 18.9 Å². The number of rotatable bonds is 5. The number of thioether (sulfide) groups is 1. The van der Waals surface area contributed by atoms with Crippen LogP contribution in [0.25, 0.3) is 0 Å². The lowest BCUT2D eigenvalue weighted by Gasteiger charge is -1.96. The second-order valence-corrected chi connectivity index (χ2v) is 3.55. The van der Waals surface area contributed by atoms with Crippen LogP contribution in [0.15, 0.2) is 21.6 Å². The molecular weight excluding hydrogens is 204 g/mol. The van der Waals surface area contributed by atoms with Gasteiger partial charge in [-0.05, 0) is 12.1 Å². The Morgan fingerprint density at radius 1 is 1.50 bits per heavy atom. The average molecular weight is 216 g/mol. The third-order valence-corrected chi connectivity index (χ3v) is 2.37. The lowest BCUT2D eigenvalue weighted by atomic mass is 10.5. The number of esters is 1. The van der Waals surface area contributed by atoms with Crippen LogP contribution >= 0.6 is 11.8 Å². The van der Waals surface area contributed by atoms with Gasteiger partial charge in [0.15, 0.2) is 5.09 Å². The minimum absolute atomic E-state index is 0.229. The number of hydrogen-bond donors (Lipinski definition) is 0. The van der Waals surface area contributed by atoms with Gasteiger partial charge in [0, 0.05) is 12.9 Å². The maximum absolute atomic E-state index is 11.0. The number of methoxy groups -OCH3 is 2. The molecule has 78 valence electrons. The van der Waals surface area contributed by atoms with Crippen molar-refractivity contribution in [3.8, 4) is 0 Å². The van der Waals surface area contributed by atoms with E-state index in [9.17, 15) is 4.79 Å². The zero-order valence-corrected chi connectivity index (χ0v) is 8.93. The van der Waals surface area contributed by atoms with E-state index in [0.29, 0.717) is 11.7 Å². The first kappa shape index (κ1) is 11.1. The van der Waals surface area contributed by atoms with E-state index in [4.69, 9.17) is 9.15 Å². The van der Waals surface area contributed by atoms with Gasteiger partial charge in [0.1, 0.15) is 0 Å². The maximum atomic E-state index is 11.0. The smallest absolute Gasteiger partial charge is 0.373 e. The third-order valence-electron chi connectivity index (χ3n) is 1.50. The Morgan fingerprint density at radius 2 is 2.29 bits per heavy atom. The maximum Gasteiger partial charge on any atom is 0.373 e. The van der Waals surface area contributed by atoms with Crippen LogP contribution in [0, 0.1) is 0 Å². The summed E-state index contributed by atoms with van der Waals surface area (Å²) < 4.78 is 14.6. The van der Waals surface area contributed by atoms with Gasteiger partial charge in [0.05, 0.1) is 13.7 Å². The van der Waals surface area contributed by atoms with Crippen LogP contribution in [0.1, 0.15) is 10.6 Å². The van der Waals surface area contributed by atoms with Gasteiger partial charge in [-0.15, -0.1) is 0 Å². The molecule has 0 atom stereocenters. The van der Waals surface area contributed by atoms with E-state index in [1.54, 1.807) is 19.2 Å². The highest BCUT2D eigenvalue weighted by Crippen LogP contribution is 2.20. The van der Waals surface area contributed by atoms with E-state index in [0.717, 1.165) is 5.75 Å². The fourth-order valence-corrected chi connectivity index (χ4v) is 1.60. The molecule has 0 unspecified atom stereocenters. The zero-order valence-electron chi connectivity index (χ0n) is 8.11. The van der Waals surface area contributed by atoms with Gasteiger partial charge in [-0.25, -0.2) is 4.79 Å². The molecule has 4 nitrogen and oxygen atoms in total. The largest absolute Gasteiger partial charge is 0.463 e. The van der Waals surface area contributed by atoms with Crippen LogP contribution < -0.4 is 0 Å². The van der Waals surface area contributed by atoms with Gasteiger partial charge >= 0.3 is 5.97 Å². The Morgan fingerprint density at radius 3 is 2.93 bits per heavy atom. The minimum Gasteiger partial charge on any atom is -0.463 e. The van der Waals surface area contributed by atoms with Gasteiger partial charge in [0.25, 0.3) is 0 Å². The second kappa shape index (κ2) is 5.72. The lowest BCUT2D eigenvalue weighted by Crippen LogP contribution is -1.98. The number of hydrogen-bond acceptors (Lipinski definition) is 5. The molecule has 1 aromatic rings. The van der Waals surface area contributed by atoms with E-state index < -0.39 is 5.97 Å². The number of carbonyl (C=O) groups excluding carboxylic acids is 1. The zero-order chi connectivity index (χ0) is 10.4. The summed E-state index contributed by atoms with van der Waals surface area (Å²) in [6.07, 6.45) is 0. The fourth-order valence-electron chi connectivity index (χ4n) is 0.834. The summed E-state index contributed by atoms with van der Waals surface area (Å²) >= 11 is 1.49. The van der Waals surface area contributed by atoms with Crippen molar-refractivity contribution in [1.29, 1.82) is 0 Å². The molecule has 14 heavy (non-hydrogen) atoms. The molecule has 1 aromatic heterocycles. The van der Waals surface area contributed by atoms with E-state index in [1.807, 2.05) is 0 Å². The first-order chi connectivity index (χ1) is 6.77. The Kier molecular flexibility index (Phi) is 4.55. The quantitative estimate of drug-likeness (QED) is 0.427. The predicted octanol–water partition coefficient (Wildman–Crippen LogP) is 1.80. The Bertz CT molecular complexity index is 295. The summed E-state index contributed by atoms with van der Waals surface area (Å²) in [6, 6.07) is 3.34. The molecule has 0 aliphatic carbocycles. The van der Waals surface area contributed by atoms with Crippen LogP contribution in [0.3, 0.4) is 0 Å². The standard InChI is InChI=1S/C9H12O4S/c1-11-5-6-14-8-4-3-7(13-8)9(10)12-2/h3-4H,5-6H2,1-2H3. The lowest BCUT2D eigenvalue weighted by molar-refractivity contribution is 0.0559. The van der Waals surface area contributed by atoms with Gasteiger partial charge in [0.2, 0.25) is 5.76 Å². The second-order valence-electron chi connectivity index (χ2n) is 2.45. The monoisotopic (exact) mass is 216 g/mol. The number of ether oxygens (including phenoxy) is 2. The summed E-state index contributed by atoms with van der Waals surface area (Å²) in [7, 11) is 2.96. The first-order valence-electron chi connectivity index (χ1n) is 4.08. The molecular formula is C9H12O4S. The Balaban J connectivity index is 2.46. The van der Waals surface area contributed by atoms with E-state index in [-0.39, 0.29) is 5.76 Å². The molecule has 0 radical (unpaired) electrons. The number of furan rings is 1. The highest BCUT2D eigenvalue weighted by atomic mass is 32.2. The molecule has 0 fully saturated rings. The molecule has 0 spiro atoms. The Labute approximate surface area is 86.6 Å². The van der Waals surface area contributed by atoms with Crippen molar-refractivity contribution < 1.29 is 18.7 Å². The van der Waals surface area contributed by atoms with Crippen LogP contribution in [-0.4, -0.2) is 32.5 Å². The van der Waals surface area contributed by atoms with Crippen molar-refractivity contribution in [1.82, 2.24) is 0 Å². The molecule has 0 aliphatic heterocycles. The van der Waals surface area contributed by atoms with Crippen LogP contribution in [0.2, 0.25) is 0 Å². The molecule has 0 saturated heterocycles. The van der Waals surface area contributed by atoms with Crippen molar-refractivity contribution in [2.24, 2.45) is 0 Å². The third kappa shape index (κ3) is 3.08. The summed E-state index contributed by atoms with van der Waals surface area (Å²) in [4.78, 5) is 11.0. The van der Waals surface area contributed by atoms with Crippen LogP contribution in [0.5, 0.6) is 0 Å². The van der Waals surface area contributed by atoms with Crippen LogP contribution in [-0.2, 0) is 9.47 Å². The molecule has 0 N–H and O–H groups in total. The van der Waals surface area contributed by atoms with E-state index >= 15 is 0 Å². The summed E-state index contributed by atoms with van der Waals surface area (Å²) in [6.45, 7) is 0.652. The molecule has 0 bridgehead atoms. The minimum atomic E-state index is -0.455. The molecule has 0 aliphatic rings. The van der Waals surface area contributed by atoms with Gasteiger partial charge in [-0.2, -0.15) is 0 Å². The summed E-state index contributed by atoms with van der Waals surface area (Å²) in [5.74, 6) is 0.570. The highest BCUT2D eigenvalue weighted by molar-refractivity contribution is 7.99. The summed E-state index contributed by atoms with van der Waals surface area (Å²) in [5.41, 5.74) is 0. The van der Waals surface area contributed by atoms with Gasteiger partial charge in [-0.1, -0.05) is 11.8 Å². The molecule has 5 heteroatoms. The van der Waals surface area contributed by atoms with Gasteiger partial charge in [-0.3, -0.25) is 0 Å². The van der Waals surface area contributed by atoms with Crippen molar-refractivity contribution in [3.05, 3.63) is 17.9 Å². The average Bonchev–Trinajstić information content (AvgIpc) is 2.66. The predicted molar refractivity (Wildman–Crippen MR) is 52.6 cm³/mol. The number of carbonyl (C=O) groups is 1. The molecule has 1 rings (SSSR count). The molecule has 0 saturated carbocycles. The highest BCUT2D eigenvalue weighted by Gasteiger charge is 2.10.